The molecule has 3 amide bonds. The maximum atomic E-state index is 14.1. The Labute approximate surface area is 284 Å². The number of carbonyl (C=O) groups is 3. The van der Waals surface area contributed by atoms with Gasteiger partial charge in [0.05, 0.1) is 17.6 Å². The number of amides is 3. The molecule has 1 aromatic heterocycles. The number of nitrogens with zero attached hydrogens (tertiary/aromatic N) is 1. The van der Waals surface area contributed by atoms with Crippen molar-refractivity contribution in [3.8, 4) is 11.1 Å². The number of pyridine rings is 1. The molecule has 10 heteroatoms. The minimum absolute atomic E-state index is 0.0277. The van der Waals surface area contributed by atoms with Crippen molar-refractivity contribution in [2.24, 2.45) is 23.2 Å². The molecule has 3 saturated carbocycles. The lowest BCUT2D eigenvalue weighted by molar-refractivity contribution is -0.199. The van der Waals surface area contributed by atoms with Gasteiger partial charge in [-0.2, -0.15) is 0 Å². The summed E-state index contributed by atoms with van der Waals surface area (Å²) in [7, 11) is -0.618. The third-order valence-electron chi connectivity index (χ3n) is 10.9. The average molecular weight is 651 g/mol. The number of aromatic nitrogens is 1. The smallest absolute Gasteiger partial charge is 0.404 e. The summed E-state index contributed by atoms with van der Waals surface area (Å²) in [6.45, 7) is 12.8. The largest absolute Gasteiger partial charge is 0.481 e. The molecule has 7 rings (SSSR count). The minimum Gasteiger partial charge on any atom is -0.404 e. The van der Waals surface area contributed by atoms with Crippen LogP contribution in [0.5, 0.6) is 0 Å². The normalized spacial score (nSPS) is 25.0. The fraction of sp³-hybridized carbons (Fsp3) is 0.474. The highest BCUT2D eigenvalue weighted by Gasteiger charge is 2.68. The molecule has 4 aliphatic rings. The molecule has 2 aromatic carbocycles. The summed E-state index contributed by atoms with van der Waals surface area (Å²) in [6, 6.07) is 19.3. The van der Waals surface area contributed by atoms with Crippen molar-refractivity contribution in [3.63, 3.8) is 0 Å². The van der Waals surface area contributed by atoms with Gasteiger partial charge in [0.15, 0.2) is 0 Å². The van der Waals surface area contributed by atoms with Crippen LogP contribution in [0.1, 0.15) is 80.3 Å². The van der Waals surface area contributed by atoms with Crippen LogP contribution >= 0.6 is 0 Å². The number of benzene rings is 2. The molecule has 48 heavy (non-hydrogen) atoms. The summed E-state index contributed by atoms with van der Waals surface area (Å²) in [6.07, 6.45) is 4.30. The van der Waals surface area contributed by atoms with Crippen molar-refractivity contribution in [1.82, 2.24) is 20.9 Å². The molecule has 3 aliphatic carbocycles. The predicted octanol–water partition coefficient (Wildman–Crippen LogP) is 5.38. The van der Waals surface area contributed by atoms with Gasteiger partial charge in [0.2, 0.25) is 5.91 Å². The number of rotatable bonds is 11. The van der Waals surface area contributed by atoms with Crippen LogP contribution in [0.2, 0.25) is 0 Å². The fourth-order valence-electron chi connectivity index (χ4n) is 7.87. The molecule has 0 radical (unpaired) electrons. The van der Waals surface area contributed by atoms with Crippen LogP contribution in [0.3, 0.4) is 0 Å². The van der Waals surface area contributed by atoms with E-state index in [2.05, 4.69) is 55.6 Å². The van der Waals surface area contributed by atoms with Gasteiger partial charge in [0, 0.05) is 23.9 Å². The van der Waals surface area contributed by atoms with E-state index < -0.39 is 36.5 Å². The maximum Gasteiger partial charge on any atom is 0.481 e. The second kappa shape index (κ2) is 13.5. The molecular formula is C38H47BN4O5. The van der Waals surface area contributed by atoms with E-state index in [4.69, 9.17) is 9.31 Å². The van der Waals surface area contributed by atoms with Gasteiger partial charge in [-0.3, -0.25) is 19.4 Å². The van der Waals surface area contributed by atoms with Crippen molar-refractivity contribution < 1.29 is 23.7 Å². The maximum absolute atomic E-state index is 14.1. The monoisotopic (exact) mass is 650 g/mol. The second-order valence-corrected chi connectivity index (χ2v) is 15.0. The van der Waals surface area contributed by atoms with Gasteiger partial charge in [0.25, 0.3) is 11.8 Å². The van der Waals surface area contributed by atoms with Crippen LogP contribution in [0.15, 0.2) is 72.9 Å². The zero-order chi connectivity index (χ0) is 34.2. The van der Waals surface area contributed by atoms with Crippen molar-refractivity contribution in [3.05, 3.63) is 89.7 Å². The lowest BCUT2D eigenvalue weighted by atomic mass is 9.43. The Bertz CT molecular complexity index is 1630. The van der Waals surface area contributed by atoms with Crippen LogP contribution < -0.4 is 16.0 Å². The molecular weight excluding hydrogens is 603 g/mol. The first kappa shape index (κ1) is 33.9. The summed E-state index contributed by atoms with van der Waals surface area (Å²) in [5.41, 5.74) is 3.28. The number of nitrogens with one attached hydrogen (secondary N) is 3. The molecule has 1 saturated heterocycles. The molecule has 4 fully saturated rings. The summed E-state index contributed by atoms with van der Waals surface area (Å²) in [4.78, 5) is 45.0. The Morgan fingerprint density at radius 2 is 1.65 bits per heavy atom. The van der Waals surface area contributed by atoms with Gasteiger partial charge >= 0.3 is 7.12 Å². The Morgan fingerprint density at radius 1 is 0.917 bits per heavy atom. The van der Waals surface area contributed by atoms with Crippen molar-refractivity contribution in [2.75, 3.05) is 6.54 Å². The van der Waals surface area contributed by atoms with Gasteiger partial charge < -0.3 is 25.3 Å². The van der Waals surface area contributed by atoms with Gasteiger partial charge in [-0.1, -0.05) is 81.8 Å². The zero-order valence-electron chi connectivity index (χ0n) is 28.8. The highest BCUT2D eigenvalue weighted by molar-refractivity contribution is 6.48. The van der Waals surface area contributed by atoms with Crippen LogP contribution in [-0.4, -0.2) is 60.1 Å². The Balaban J connectivity index is 1.19. The molecule has 6 atom stereocenters. The van der Waals surface area contributed by atoms with Crippen LogP contribution in [-0.2, 0) is 14.1 Å². The lowest BCUT2D eigenvalue weighted by Crippen LogP contribution is -2.65. The Kier molecular flexibility index (Phi) is 9.51. The second-order valence-electron chi connectivity index (χ2n) is 15.0. The quantitative estimate of drug-likeness (QED) is 0.240. The molecule has 2 bridgehead atoms. The highest BCUT2D eigenvalue weighted by Crippen LogP contribution is 2.65. The first-order valence-corrected chi connectivity index (χ1v) is 17.2. The average Bonchev–Trinajstić information content (AvgIpc) is 3.44. The van der Waals surface area contributed by atoms with Gasteiger partial charge in [-0.25, -0.2) is 0 Å². The van der Waals surface area contributed by atoms with E-state index in [1.54, 1.807) is 24.4 Å². The first-order valence-electron chi connectivity index (χ1n) is 17.2. The van der Waals surface area contributed by atoms with Crippen molar-refractivity contribution >= 4 is 24.8 Å². The summed E-state index contributed by atoms with van der Waals surface area (Å²) in [5.74, 6) is -0.510. The Morgan fingerprint density at radius 3 is 2.29 bits per heavy atom. The summed E-state index contributed by atoms with van der Waals surface area (Å²) in [5, 5.41) is 8.82. The molecule has 2 heterocycles. The number of hydrogen-bond donors (Lipinski definition) is 3. The summed E-state index contributed by atoms with van der Waals surface area (Å²) >= 11 is 0. The first-order chi connectivity index (χ1) is 22.8. The molecule has 1 aliphatic heterocycles. The molecule has 0 unspecified atom stereocenters. The van der Waals surface area contributed by atoms with E-state index in [0.717, 1.165) is 29.5 Å². The number of carbonyl (C=O) groups excluding carboxylic acids is 3. The fourth-order valence-corrected chi connectivity index (χ4v) is 7.87. The van der Waals surface area contributed by atoms with E-state index in [-0.39, 0.29) is 35.6 Å². The van der Waals surface area contributed by atoms with Gasteiger partial charge in [0.1, 0.15) is 11.7 Å². The number of aryl methyl sites for hydroxylation is 1. The third kappa shape index (κ3) is 6.78. The third-order valence-corrected chi connectivity index (χ3v) is 10.9. The molecule has 3 N–H and O–H groups in total. The van der Waals surface area contributed by atoms with Crippen LogP contribution in [0, 0.1) is 30.1 Å². The van der Waals surface area contributed by atoms with E-state index in [1.807, 2.05) is 55.5 Å². The summed E-state index contributed by atoms with van der Waals surface area (Å²) < 4.78 is 13.3. The highest BCUT2D eigenvalue weighted by atomic mass is 16.7. The molecule has 3 aromatic rings. The van der Waals surface area contributed by atoms with E-state index in [1.165, 1.54) is 0 Å². The topological polar surface area (TPSA) is 119 Å². The molecule has 252 valence electrons. The lowest BCUT2D eigenvalue weighted by Gasteiger charge is -2.64. The van der Waals surface area contributed by atoms with E-state index in [9.17, 15) is 14.4 Å². The Hall–Kier alpha value is -4.02. The minimum atomic E-state index is -1.08. The van der Waals surface area contributed by atoms with Crippen molar-refractivity contribution in [1.29, 1.82) is 0 Å². The van der Waals surface area contributed by atoms with Gasteiger partial charge in [-0.15, -0.1) is 0 Å². The standard InChI is InChI=1S/C38H47BN4O5/c1-23(2)18-33(39-47-32-20-28-19-31(37(28,4)5)38(32,6)48-39)43-36(46)30(22-41-34(44)26-14-12-24(3)13-15-26)42-35(45)29-17-16-27(21-40-29)25-10-8-7-9-11-25/h7-17,21,23,28,30-33H,18-20,22H2,1-6H3,(H,41,44)(H,42,45)(H,43,46)/t28-,30+,31+,32-,33+,38+/m1/s1. The SMILES string of the molecule is Cc1ccc(C(=O)NC[C@H](NC(=O)c2ccc(-c3ccccc3)cn2)C(=O)N[C@@H](CC(C)C)B2O[C@@H]3C[C@H]4C[C@@H](C4(C)C)[C@]3(C)O2)cc1. The van der Waals surface area contributed by atoms with E-state index in [0.29, 0.717) is 23.8 Å². The zero-order valence-corrected chi connectivity index (χ0v) is 28.8. The van der Waals surface area contributed by atoms with Crippen LogP contribution in [0.4, 0.5) is 0 Å². The van der Waals surface area contributed by atoms with Gasteiger partial charge in [-0.05, 0) is 80.0 Å². The number of hydrogen-bond acceptors (Lipinski definition) is 6. The predicted molar refractivity (Wildman–Crippen MR) is 186 cm³/mol. The molecule has 9 nitrogen and oxygen atoms in total. The molecule has 0 spiro atoms. The van der Waals surface area contributed by atoms with E-state index >= 15 is 0 Å². The van der Waals surface area contributed by atoms with Crippen LogP contribution in [0.25, 0.3) is 11.1 Å². The van der Waals surface area contributed by atoms with Crippen molar-refractivity contribution in [2.45, 2.75) is 84.5 Å².